The maximum absolute atomic E-state index is 11.3. The number of thioether (sulfide) groups is 1. The van der Waals surface area contributed by atoms with E-state index in [9.17, 15) is 8.42 Å². The Kier molecular flexibility index (Phi) is 8.54. The van der Waals surface area contributed by atoms with Gasteiger partial charge < -0.3 is 10.6 Å². The summed E-state index contributed by atoms with van der Waals surface area (Å²) in [5.74, 6) is 2.35. The predicted molar refractivity (Wildman–Crippen MR) is 107 cm³/mol. The second kappa shape index (κ2) is 10.4. The quantitative estimate of drug-likeness (QED) is 0.547. The molecule has 1 aliphatic heterocycles. The smallest absolute Gasteiger partial charge is 0.172 e. The third-order valence-corrected chi connectivity index (χ3v) is 6.21. The number of nitrogens with zero attached hydrogens (tertiary/aromatic N) is 2. The van der Waals surface area contributed by atoms with Crippen molar-refractivity contribution in [3.63, 3.8) is 0 Å². The van der Waals surface area contributed by atoms with Crippen molar-refractivity contribution in [2.45, 2.75) is 32.1 Å². The minimum Gasteiger partial charge on any atom is -0.372 e. The van der Waals surface area contributed by atoms with Gasteiger partial charge in [-0.05, 0) is 32.9 Å². The lowest BCUT2D eigenvalue weighted by Gasteiger charge is -2.11. The first-order valence-corrected chi connectivity index (χ1v) is 12.6. The van der Waals surface area contributed by atoms with Crippen LogP contribution in [0.4, 0.5) is 0 Å². The first-order valence-electron chi connectivity index (χ1n) is 8.59. The van der Waals surface area contributed by atoms with Crippen molar-refractivity contribution in [2.24, 2.45) is 0 Å². The predicted octanol–water partition coefficient (Wildman–Crippen LogP) is 2.01. The lowest BCUT2D eigenvalue weighted by Crippen LogP contribution is -2.28. The van der Waals surface area contributed by atoms with Crippen molar-refractivity contribution in [3.05, 3.63) is 27.3 Å². The number of sulfone groups is 1. The van der Waals surface area contributed by atoms with Gasteiger partial charge in [-0.1, -0.05) is 0 Å². The molecule has 1 aromatic rings. The molecule has 1 aromatic heterocycles. The van der Waals surface area contributed by atoms with Gasteiger partial charge in [-0.15, -0.1) is 11.3 Å². The number of thiazole rings is 1. The van der Waals surface area contributed by atoms with Crippen LogP contribution in [0, 0.1) is 0 Å². The van der Waals surface area contributed by atoms with Crippen molar-refractivity contribution in [1.82, 2.24) is 20.5 Å². The van der Waals surface area contributed by atoms with E-state index in [0.717, 1.165) is 23.7 Å². The van der Waals surface area contributed by atoms with Gasteiger partial charge >= 0.3 is 0 Å². The molecule has 0 aliphatic carbocycles. The number of hydrogen-bond donors (Lipinski definition) is 2. The first kappa shape index (κ1) is 20.5. The summed E-state index contributed by atoms with van der Waals surface area (Å²) in [6.45, 7) is 6.71. The largest absolute Gasteiger partial charge is 0.372 e. The lowest BCUT2D eigenvalue weighted by molar-refractivity contribution is 0.330. The zero-order chi connectivity index (χ0) is 18.1. The molecule has 0 radical (unpaired) electrons. The van der Waals surface area contributed by atoms with Crippen LogP contribution in [0.1, 0.15) is 30.5 Å². The van der Waals surface area contributed by atoms with Gasteiger partial charge in [-0.3, -0.25) is 4.90 Å². The summed E-state index contributed by atoms with van der Waals surface area (Å²) in [5.41, 5.74) is 1.14. The van der Waals surface area contributed by atoms with E-state index in [0.29, 0.717) is 18.9 Å². The third kappa shape index (κ3) is 8.44. The summed E-state index contributed by atoms with van der Waals surface area (Å²) >= 11 is 3.55. The number of rotatable bonds is 11. The van der Waals surface area contributed by atoms with E-state index in [1.165, 1.54) is 42.6 Å². The third-order valence-electron chi connectivity index (χ3n) is 3.67. The standard InChI is InChI=1S/C16H28N4O2S3/c1-3-17-15(13-25(2,21)22)18-6-9-23-11-14-12-24-16(19-14)10-20-7-4-5-8-20/h12-13,17-18H,3-11H2,1-2H3. The summed E-state index contributed by atoms with van der Waals surface area (Å²) < 4.78 is 22.7. The lowest BCUT2D eigenvalue weighted by atomic mass is 10.4. The first-order chi connectivity index (χ1) is 12.0. The topological polar surface area (TPSA) is 74.3 Å². The maximum atomic E-state index is 11.3. The fourth-order valence-electron chi connectivity index (χ4n) is 2.60. The Morgan fingerprint density at radius 2 is 2.16 bits per heavy atom. The zero-order valence-corrected chi connectivity index (χ0v) is 17.4. The van der Waals surface area contributed by atoms with E-state index in [4.69, 9.17) is 4.98 Å². The Morgan fingerprint density at radius 3 is 2.84 bits per heavy atom. The number of hydrogen-bond acceptors (Lipinski definition) is 8. The molecule has 1 aliphatic rings. The molecule has 1 saturated heterocycles. The Balaban J connectivity index is 1.66. The molecular weight excluding hydrogens is 376 g/mol. The van der Waals surface area contributed by atoms with Crippen molar-refractivity contribution < 1.29 is 8.42 Å². The van der Waals surface area contributed by atoms with E-state index in [-0.39, 0.29) is 0 Å². The molecule has 2 N–H and O–H groups in total. The van der Waals surface area contributed by atoms with Gasteiger partial charge in [0.15, 0.2) is 9.84 Å². The molecule has 0 bridgehead atoms. The highest BCUT2D eigenvalue weighted by Gasteiger charge is 2.13. The normalized spacial score (nSPS) is 16.3. The Bertz CT molecular complexity index is 652. The highest BCUT2D eigenvalue weighted by Crippen LogP contribution is 2.19. The van der Waals surface area contributed by atoms with Gasteiger partial charge in [-0.2, -0.15) is 11.8 Å². The number of nitrogens with one attached hydrogen (secondary N) is 2. The van der Waals surface area contributed by atoms with Gasteiger partial charge in [0.25, 0.3) is 0 Å². The van der Waals surface area contributed by atoms with E-state index >= 15 is 0 Å². The molecular formula is C16H28N4O2S3. The molecule has 9 heteroatoms. The van der Waals surface area contributed by atoms with Crippen molar-refractivity contribution in [2.75, 3.05) is 38.2 Å². The number of aromatic nitrogens is 1. The molecule has 0 saturated carbocycles. The molecule has 0 atom stereocenters. The van der Waals surface area contributed by atoms with Gasteiger partial charge in [0.05, 0.1) is 17.6 Å². The average molecular weight is 405 g/mol. The highest BCUT2D eigenvalue weighted by atomic mass is 32.2. The van der Waals surface area contributed by atoms with Crippen LogP contribution in [-0.2, 0) is 22.1 Å². The molecule has 142 valence electrons. The van der Waals surface area contributed by atoms with E-state index in [1.807, 2.05) is 6.92 Å². The Morgan fingerprint density at radius 1 is 1.40 bits per heavy atom. The molecule has 0 unspecified atom stereocenters. The fourth-order valence-corrected chi connectivity index (χ4v) is 4.89. The molecule has 0 spiro atoms. The van der Waals surface area contributed by atoms with Crippen LogP contribution in [0.5, 0.6) is 0 Å². The molecule has 0 amide bonds. The van der Waals surface area contributed by atoms with Crippen molar-refractivity contribution in [1.29, 1.82) is 0 Å². The van der Waals surface area contributed by atoms with Gasteiger partial charge in [-0.25, -0.2) is 13.4 Å². The summed E-state index contributed by atoms with van der Waals surface area (Å²) in [7, 11) is -3.15. The van der Waals surface area contributed by atoms with Gasteiger partial charge in [0.1, 0.15) is 10.8 Å². The molecule has 2 rings (SSSR count). The van der Waals surface area contributed by atoms with Crippen LogP contribution in [0.2, 0.25) is 0 Å². The minimum atomic E-state index is -3.15. The minimum absolute atomic E-state index is 0.562. The van der Waals surface area contributed by atoms with Crippen LogP contribution in [-0.4, -0.2) is 56.5 Å². The van der Waals surface area contributed by atoms with Gasteiger partial charge in [0, 0.05) is 36.2 Å². The van der Waals surface area contributed by atoms with Crippen LogP contribution >= 0.6 is 23.1 Å². The van der Waals surface area contributed by atoms with Crippen LogP contribution in [0.25, 0.3) is 0 Å². The Hall–Kier alpha value is -0.770. The highest BCUT2D eigenvalue weighted by molar-refractivity contribution is 7.98. The van der Waals surface area contributed by atoms with Crippen molar-refractivity contribution >= 4 is 32.9 Å². The zero-order valence-electron chi connectivity index (χ0n) is 15.0. The molecule has 6 nitrogen and oxygen atoms in total. The summed E-state index contributed by atoms with van der Waals surface area (Å²) in [6, 6.07) is 0. The maximum Gasteiger partial charge on any atom is 0.172 e. The molecule has 0 aromatic carbocycles. The summed E-state index contributed by atoms with van der Waals surface area (Å²) in [4.78, 5) is 7.19. The SMILES string of the molecule is CCNC(=CS(C)(=O)=O)NCCSCc1csc(CN2CCCC2)n1. The van der Waals surface area contributed by atoms with Crippen LogP contribution in [0.3, 0.4) is 0 Å². The van der Waals surface area contributed by atoms with E-state index in [1.54, 1.807) is 23.1 Å². The van der Waals surface area contributed by atoms with Crippen LogP contribution in [0.15, 0.2) is 16.6 Å². The van der Waals surface area contributed by atoms with Gasteiger partial charge in [0.2, 0.25) is 0 Å². The van der Waals surface area contributed by atoms with Crippen LogP contribution < -0.4 is 10.6 Å². The van der Waals surface area contributed by atoms with E-state index < -0.39 is 9.84 Å². The fraction of sp³-hybridized carbons (Fsp3) is 0.688. The second-order valence-electron chi connectivity index (χ2n) is 6.09. The molecule has 2 heterocycles. The Labute approximate surface area is 159 Å². The summed E-state index contributed by atoms with van der Waals surface area (Å²) in [5, 5.41) is 10.8. The van der Waals surface area contributed by atoms with Crippen molar-refractivity contribution in [3.8, 4) is 0 Å². The number of likely N-dealkylation sites (tertiary alicyclic amines) is 1. The molecule has 1 fully saturated rings. The monoisotopic (exact) mass is 404 g/mol. The summed E-state index contributed by atoms with van der Waals surface area (Å²) in [6.07, 6.45) is 3.82. The second-order valence-corrected chi connectivity index (χ2v) is 10.0. The van der Waals surface area contributed by atoms with E-state index in [2.05, 4.69) is 20.9 Å². The molecule has 25 heavy (non-hydrogen) atoms. The average Bonchev–Trinajstić information content (AvgIpc) is 3.18.